The SMILES string of the molecule is [CH-]=O.[CH-]=O.[CH-]=O.[NH-]CCN(CCCCCCN1CCC(c2ccccc2)CC1)Cc1ccccc1O.[Re]. The number of nitrogens with one attached hydrogen (secondary N) is 1. The molecule has 2 aromatic carbocycles. The second-order valence-electron chi connectivity index (χ2n) is 8.60. The predicted molar refractivity (Wildman–Crippen MR) is 146 cm³/mol. The first-order valence-corrected chi connectivity index (χ1v) is 12.4. The minimum Gasteiger partial charge on any atom is -0.676 e. The number of hydrogen-bond acceptors (Lipinski definition) is 6. The number of para-hydroxylation sites is 1. The Bertz CT molecular complexity index is 772. The summed E-state index contributed by atoms with van der Waals surface area (Å²) in [5.74, 6) is 1.11. The largest absolute Gasteiger partial charge is 0.676 e. The van der Waals surface area contributed by atoms with Gasteiger partial charge in [-0.1, -0.05) is 61.4 Å². The second-order valence-corrected chi connectivity index (χ2v) is 8.60. The summed E-state index contributed by atoms with van der Waals surface area (Å²) in [7, 11) is 0. The fourth-order valence-corrected chi connectivity index (χ4v) is 4.55. The van der Waals surface area contributed by atoms with Crippen LogP contribution in [0.25, 0.3) is 5.73 Å². The van der Waals surface area contributed by atoms with Crippen molar-refractivity contribution in [3.05, 3.63) is 71.5 Å². The fourth-order valence-electron chi connectivity index (χ4n) is 4.55. The number of unbranched alkanes of at least 4 members (excludes halogenated alkanes) is 3. The minimum atomic E-state index is 0. The fraction of sp³-hybridized carbons (Fsp3) is 0.483. The number of phenolic OH excluding ortho intramolecular Hbond substituents is 1. The molecule has 37 heavy (non-hydrogen) atoms. The number of aromatic hydroxyl groups is 1. The summed E-state index contributed by atoms with van der Waals surface area (Å²) in [6, 6.07) is 18.5. The van der Waals surface area contributed by atoms with Crippen molar-refractivity contribution in [2.24, 2.45) is 0 Å². The van der Waals surface area contributed by atoms with Gasteiger partial charge in [0.1, 0.15) is 5.75 Å². The van der Waals surface area contributed by atoms with Crippen LogP contribution in [0.2, 0.25) is 0 Å². The van der Waals surface area contributed by atoms with Crippen LogP contribution in [0.15, 0.2) is 54.6 Å². The zero-order chi connectivity index (χ0) is 27.0. The molecule has 0 atom stereocenters. The summed E-state index contributed by atoms with van der Waals surface area (Å²) in [5, 5.41) is 10.00. The number of nitrogens with zero attached hydrogens (tertiary/aromatic N) is 2. The summed E-state index contributed by atoms with van der Waals surface area (Å²) in [4.78, 5) is 28.2. The number of benzene rings is 2. The molecule has 8 heteroatoms. The molecule has 1 radical (unpaired) electrons. The summed E-state index contributed by atoms with van der Waals surface area (Å²) >= 11 is 0. The summed E-state index contributed by atoms with van der Waals surface area (Å²) < 4.78 is 0. The monoisotopic (exact) mass is 682 g/mol. The predicted octanol–water partition coefficient (Wildman–Crippen LogP) is 4.86. The van der Waals surface area contributed by atoms with Crippen molar-refractivity contribution in [3.8, 4) is 5.75 Å². The van der Waals surface area contributed by atoms with Crippen molar-refractivity contribution in [2.75, 3.05) is 39.3 Å². The third-order valence-corrected chi connectivity index (χ3v) is 6.37. The molecule has 0 aromatic heterocycles. The molecule has 2 N–H and O–H groups in total. The van der Waals surface area contributed by atoms with Crippen LogP contribution in [0.1, 0.15) is 55.6 Å². The Morgan fingerprint density at radius 1 is 0.811 bits per heavy atom. The molecule has 1 fully saturated rings. The molecule has 1 saturated heterocycles. The second kappa shape index (κ2) is 25.4. The molecule has 0 spiro atoms. The Morgan fingerprint density at radius 3 is 1.97 bits per heavy atom. The Morgan fingerprint density at radius 2 is 1.38 bits per heavy atom. The molecule has 0 saturated carbocycles. The zero-order valence-corrected chi connectivity index (χ0v) is 24.4. The van der Waals surface area contributed by atoms with Crippen molar-refractivity contribution in [1.82, 2.24) is 9.80 Å². The van der Waals surface area contributed by atoms with E-state index in [2.05, 4.69) is 60.5 Å². The van der Waals surface area contributed by atoms with E-state index in [4.69, 9.17) is 20.1 Å². The third kappa shape index (κ3) is 15.6. The van der Waals surface area contributed by atoms with Crippen molar-refractivity contribution < 1.29 is 39.9 Å². The molecule has 0 bridgehead atoms. The Hall–Kier alpha value is -2.21. The zero-order valence-electron chi connectivity index (χ0n) is 21.6. The van der Waals surface area contributed by atoms with Crippen LogP contribution in [0.5, 0.6) is 5.75 Å². The Kier molecular flexibility index (Phi) is 25.4. The van der Waals surface area contributed by atoms with Crippen LogP contribution in [0.3, 0.4) is 0 Å². The molecule has 1 heterocycles. The third-order valence-electron chi connectivity index (χ3n) is 6.37. The van der Waals surface area contributed by atoms with Crippen molar-refractivity contribution >= 4 is 20.4 Å². The Labute approximate surface area is 237 Å². The Balaban J connectivity index is 0. The van der Waals surface area contributed by atoms with E-state index in [1.54, 1.807) is 6.07 Å². The van der Waals surface area contributed by atoms with Gasteiger partial charge in [0.15, 0.2) is 0 Å². The quantitative estimate of drug-likeness (QED) is 0.195. The van der Waals surface area contributed by atoms with Gasteiger partial charge in [0.25, 0.3) is 0 Å². The maximum absolute atomic E-state index is 10.00. The molecule has 7 nitrogen and oxygen atoms in total. The molecule has 0 aliphatic carbocycles. The molecule has 1 aliphatic rings. The van der Waals surface area contributed by atoms with E-state index in [0.717, 1.165) is 31.1 Å². The molecular weight excluding hydrogens is 641 g/mol. The standard InChI is InChI=1S/C26H38N3O.3CHO.Re/c27-16-21-29(22-25-12-6-7-13-26(25)30)18-9-2-1-8-17-28-19-14-24(15-20-28)23-10-4-3-5-11-23;3*1-2;/h3-7,10-13,24,27,30H,1-2,8-9,14-22H2;3*1H;/q4*-1;. The van der Waals surface area contributed by atoms with Gasteiger partial charge in [-0.25, -0.2) is 0 Å². The maximum Gasteiger partial charge on any atom is 0.120 e. The van der Waals surface area contributed by atoms with Crippen LogP contribution in [-0.4, -0.2) is 74.5 Å². The van der Waals surface area contributed by atoms with Crippen LogP contribution >= 0.6 is 0 Å². The molecule has 207 valence electrons. The first-order valence-electron chi connectivity index (χ1n) is 12.4. The number of phenols is 1. The van der Waals surface area contributed by atoms with Gasteiger partial charge in [-0.05, 0) is 76.0 Å². The molecular formula is C29H41N3O4Re-4. The topological polar surface area (TPSA) is 102 Å². The van der Waals surface area contributed by atoms with Crippen molar-refractivity contribution in [2.45, 2.75) is 51.0 Å². The summed E-state index contributed by atoms with van der Waals surface area (Å²) in [6.07, 6.45) is 7.56. The number of piperidine rings is 1. The normalized spacial score (nSPS) is 13.0. The van der Waals surface area contributed by atoms with E-state index < -0.39 is 0 Å². The van der Waals surface area contributed by atoms with Gasteiger partial charge in [0.05, 0.1) is 0 Å². The van der Waals surface area contributed by atoms with Gasteiger partial charge in [-0.3, -0.25) is 20.4 Å². The van der Waals surface area contributed by atoms with Gasteiger partial charge in [0.2, 0.25) is 0 Å². The van der Waals surface area contributed by atoms with Crippen LogP contribution < -0.4 is 0 Å². The van der Waals surface area contributed by atoms with Gasteiger partial charge in [-0.2, -0.15) is 0 Å². The van der Waals surface area contributed by atoms with E-state index in [0.29, 0.717) is 12.3 Å². The summed E-state index contributed by atoms with van der Waals surface area (Å²) in [6.45, 7) is 16.4. The summed E-state index contributed by atoms with van der Waals surface area (Å²) in [5.41, 5.74) is 10.0. The smallest absolute Gasteiger partial charge is 0.120 e. The van der Waals surface area contributed by atoms with E-state index >= 15 is 0 Å². The number of rotatable bonds is 12. The van der Waals surface area contributed by atoms with Crippen LogP contribution in [0.4, 0.5) is 0 Å². The van der Waals surface area contributed by atoms with E-state index in [1.807, 2.05) is 18.2 Å². The first-order chi connectivity index (χ1) is 17.8. The van der Waals surface area contributed by atoms with Gasteiger partial charge >= 0.3 is 0 Å². The maximum atomic E-state index is 10.00. The van der Waals surface area contributed by atoms with Gasteiger partial charge < -0.3 is 35.0 Å². The minimum absolute atomic E-state index is 0. The molecule has 0 amide bonds. The number of carbonyl (C=O) groups excluding carboxylic acids is 3. The number of likely N-dealkylation sites (tertiary alicyclic amines) is 1. The molecule has 3 rings (SSSR count). The van der Waals surface area contributed by atoms with Crippen LogP contribution in [-0.2, 0) is 41.4 Å². The van der Waals surface area contributed by atoms with E-state index in [9.17, 15) is 5.11 Å². The molecule has 2 aromatic rings. The van der Waals surface area contributed by atoms with Crippen LogP contribution in [0, 0.1) is 0 Å². The number of hydrogen-bond donors (Lipinski definition) is 1. The average Bonchev–Trinajstić information content (AvgIpc) is 2.96. The van der Waals surface area contributed by atoms with Crippen molar-refractivity contribution in [3.63, 3.8) is 0 Å². The van der Waals surface area contributed by atoms with Crippen molar-refractivity contribution in [1.29, 1.82) is 0 Å². The average molecular weight is 682 g/mol. The molecule has 1 aliphatic heterocycles. The van der Waals surface area contributed by atoms with E-state index in [1.165, 1.54) is 63.7 Å². The molecule has 0 unspecified atom stereocenters. The van der Waals surface area contributed by atoms with E-state index in [-0.39, 0.29) is 20.4 Å². The van der Waals surface area contributed by atoms with Gasteiger partial charge in [-0.15, -0.1) is 6.54 Å². The first kappa shape index (κ1) is 36.9. The van der Waals surface area contributed by atoms with Gasteiger partial charge in [0, 0.05) is 32.5 Å².